The fourth-order valence-electron chi connectivity index (χ4n) is 0.245. The predicted molar refractivity (Wildman–Crippen MR) is 33.4 cm³/mol. The SMILES string of the molecule is CO.O=C(NC(=O)C(F)(F)F)C(F)(F)F. The van der Waals surface area contributed by atoms with E-state index in [1.54, 1.807) is 0 Å². The highest BCUT2D eigenvalue weighted by atomic mass is 19.4. The Morgan fingerprint density at radius 1 is 0.867 bits per heavy atom. The molecule has 90 valence electrons. The molecule has 0 atom stereocenters. The van der Waals surface area contributed by atoms with Crippen LogP contribution in [0.1, 0.15) is 0 Å². The summed E-state index contributed by atoms with van der Waals surface area (Å²) >= 11 is 0. The van der Waals surface area contributed by atoms with Crippen molar-refractivity contribution in [1.82, 2.24) is 5.32 Å². The Kier molecular flexibility index (Phi) is 5.95. The summed E-state index contributed by atoms with van der Waals surface area (Å²) < 4.78 is 67.6. The van der Waals surface area contributed by atoms with E-state index >= 15 is 0 Å². The summed E-state index contributed by atoms with van der Waals surface area (Å²) in [5, 5.41) is 7.13. The number of hydrogen-bond donors (Lipinski definition) is 2. The standard InChI is InChI=1S/C4HF6NO2.CH4O/c5-3(6,7)1(12)11-2(13)4(8,9)10;1-2/h(H,11,12,13);2H,1H3. The summed E-state index contributed by atoms with van der Waals surface area (Å²) in [5.74, 6) is -5.90. The van der Waals surface area contributed by atoms with E-state index in [9.17, 15) is 35.9 Å². The summed E-state index contributed by atoms with van der Waals surface area (Å²) in [4.78, 5) is 19.5. The first-order valence-electron chi connectivity index (χ1n) is 2.99. The molecule has 0 aliphatic heterocycles. The van der Waals surface area contributed by atoms with Crippen LogP contribution in [0.3, 0.4) is 0 Å². The summed E-state index contributed by atoms with van der Waals surface area (Å²) in [5.41, 5.74) is 0. The molecule has 0 aliphatic rings. The van der Waals surface area contributed by atoms with Gasteiger partial charge in [0.15, 0.2) is 0 Å². The molecule has 0 aliphatic carbocycles. The van der Waals surface area contributed by atoms with Gasteiger partial charge in [-0.3, -0.25) is 14.9 Å². The summed E-state index contributed by atoms with van der Waals surface area (Å²) in [6.07, 6.45) is -11.0. The van der Waals surface area contributed by atoms with Crippen LogP contribution < -0.4 is 5.32 Å². The molecule has 0 bridgehead atoms. The van der Waals surface area contributed by atoms with Crippen LogP contribution in [0, 0.1) is 0 Å². The van der Waals surface area contributed by atoms with Crippen molar-refractivity contribution in [3.05, 3.63) is 0 Å². The first-order chi connectivity index (χ1) is 6.55. The molecular weight excluding hydrogens is 236 g/mol. The van der Waals surface area contributed by atoms with Gasteiger partial charge in [0.05, 0.1) is 0 Å². The highest BCUT2D eigenvalue weighted by Gasteiger charge is 2.46. The van der Waals surface area contributed by atoms with E-state index in [1.807, 2.05) is 0 Å². The first-order valence-corrected chi connectivity index (χ1v) is 2.99. The average molecular weight is 241 g/mol. The second-order valence-electron chi connectivity index (χ2n) is 1.78. The molecule has 0 aromatic rings. The minimum absolute atomic E-state index is 0.132. The zero-order valence-corrected chi connectivity index (χ0v) is 7.03. The lowest BCUT2D eigenvalue weighted by Crippen LogP contribution is -2.46. The summed E-state index contributed by atoms with van der Waals surface area (Å²) in [6.45, 7) is 0. The van der Waals surface area contributed by atoms with Gasteiger partial charge in [-0.25, -0.2) is 0 Å². The van der Waals surface area contributed by atoms with E-state index in [4.69, 9.17) is 5.11 Å². The van der Waals surface area contributed by atoms with Gasteiger partial charge in [0.2, 0.25) is 0 Å². The number of hydrogen-bond acceptors (Lipinski definition) is 3. The maximum atomic E-state index is 11.3. The van der Waals surface area contributed by atoms with Crippen LogP contribution in [-0.2, 0) is 9.59 Å². The molecule has 0 aromatic heterocycles. The van der Waals surface area contributed by atoms with Crippen LogP contribution in [-0.4, -0.2) is 36.4 Å². The Bertz CT molecular complexity index is 208. The van der Waals surface area contributed by atoms with E-state index in [0.717, 1.165) is 7.11 Å². The first kappa shape index (κ1) is 16.1. The molecule has 4 nitrogen and oxygen atoms in total. The average Bonchev–Trinajstić information content (AvgIpc) is 2.04. The van der Waals surface area contributed by atoms with Gasteiger partial charge >= 0.3 is 24.2 Å². The zero-order chi connectivity index (χ0) is 12.9. The van der Waals surface area contributed by atoms with Crippen molar-refractivity contribution in [2.75, 3.05) is 7.11 Å². The molecule has 0 rings (SSSR count). The number of carbonyl (C=O) groups excluding carboxylic acids is 2. The third kappa shape index (κ3) is 6.71. The van der Waals surface area contributed by atoms with Crippen molar-refractivity contribution in [3.8, 4) is 0 Å². The predicted octanol–water partition coefficient (Wildman–Crippen LogP) is 0.362. The number of halogens is 6. The van der Waals surface area contributed by atoms with Crippen molar-refractivity contribution in [3.63, 3.8) is 0 Å². The van der Waals surface area contributed by atoms with Crippen LogP contribution in [0.5, 0.6) is 0 Å². The van der Waals surface area contributed by atoms with Crippen LogP contribution in [0.2, 0.25) is 0 Å². The van der Waals surface area contributed by atoms with Gasteiger partial charge in [-0.05, 0) is 0 Å². The van der Waals surface area contributed by atoms with Gasteiger partial charge in [-0.2, -0.15) is 26.3 Å². The minimum Gasteiger partial charge on any atom is -0.400 e. The third-order valence-corrected chi connectivity index (χ3v) is 0.742. The largest absolute Gasteiger partial charge is 0.471 e. The Morgan fingerprint density at radius 3 is 1.20 bits per heavy atom. The van der Waals surface area contributed by atoms with E-state index < -0.39 is 24.2 Å². The monoisotopic (exact) mass is 241 g/mol. The molecule has 0 saturated heterocycles. The number of rotatable bonds is 0. The lowest BCUT2D eigenvalue weighted by atomic mass is 10.5. The Hall–Kier alpha value is -1.32. The number of aliphatic hydroxyl groups is 1. The maximum Gasteiger partial charge on any atom is 0.471 e. The Morgan fingerprint density at radius 2 is 1.07 bits per heavy atom. The molecule has 0 spiro atoms. The van der Waals surface area contributed by atoms with Crippen molar-refractivity contribution in [2.24, 2.45) is 0 Å². The van der Waals surface area contributed by atoms with Crippen LogP contribution in [0.25, 0.3) is 0 Å². The van der Waals surface area contributed by atoms with Gasteiger partial charge < -0.3 is 5.11 Å². The van der Waals surface area contributed by atoms with Crippen LogP contribution >= 0.6 is 0 Å². The van der Waals surface area contributed by atoms with Gasteiger partial charge in [0, 0.05) is 7.11 Å². The number of carbonyl (C=O) groups is 2. The van der Waals surface area contributed by atoms with Crippen LogP contribution in [0.4, 0.5) is 26.3 Å². The molecular formula is C5H5F6NO3. The second-order valence-corrected chi connectivity index (χ2v) is 1.78. The Balaban J connectivity index is 0. The van der Waals surface area contributed by atoms with Crippen molar-refractivity contribution in [1.29, 1.82) is 0 Å². The van der Waals surface area contributed by atoms with Gasteiger partial charge in [-0.15, -0.1) is 0 Å². The number of aliphatic hydroxyl groups excluding tert-OH is 1. The molecule has 0 radical (unpaired) electrons. The topological polar surface area (TPSA) is 66.4 Å². The fraction of sp³-hybridized carbons (Fsp3) is 0.600. The number of nitrogens with one attached hydrogen (secondary N) is 1. The summed E-state index contributed by atoms with van der Waals surface area (Å²) in [6, 6.07) is 0. The quantitative estimate of drug-likeness (QED) is 0.602. The van der Waals surface area contributed by atoms with Gasteiger partial charge in [0.1, 0.15) is 0 Å². The van der Waals surface area contributed by atoms with E-state index in [-0.39, 0.29) is 5.32 Å². The lowest BCUT2D eigenvalue weighted by molar-refractivity contribution is -0.186. The lowest BCUT2D eigenvalue weighted by Gasteiger charge is -2.08. The second kappa shape index (κ2) is 5.53. The molecule has 10 heteroatoms. The van der Waals surface area contributed by atoms with E-state index in [2.05, 4.69) is 0 Å². The molecule has 2 N–H and O–H groups in total. The maximum absolute atomic E-state index is 11.3. The highest BCUT2D eigenvalue weighted by molar-refractivity contribution is 6.00. The fourth-order valence-corrected chi connectivity index (χ4v) is 0.245. The molecule has 0 fully saturated rings. The van der Waals surface area contributed by atoms with Crippen molar-refractivity contribution >= 4 is 11.8 Å². The minimum atomic E-state index is -5.51. The smallest absolute Gasteiger partial charge is 0.400 e. The van der Waals surface area contributed by atoms with E-state index in [1.165, 1.54) is 0 Å². The number of imide groups is 1. The molecule has 0 heterocycles. The molecule has 2 amide bonds. The molecule has 0 aromatic carbocycles. The highest BCUT2D eigenvalue weighted by Crippen LogP contribution is 2.17. The van der Waals surface area contributed by atoms with Gasteiger partial charge in [0.25, 0.3) is 0 Å². The number of alkyl halides is 6. The zero-order valence-electron chi connectivity index (χ0n) is 7.03. The third-order valence-electron chi connectivity index (χ3n) is 0.742. The molecule has 0 unspecified atom stereocenters. The number of amides is 2. The summed E-state index contributed by atoms with van der Waals surface area (Å²) in [7, 11) is 1.00. The van der Waals surface area contributed by atoms with Gasteiger partial charge in [-0.1, -0.05) is 0 Å². The van der Waals surface area contributed by atoms with Crippen molar-refractivity contribution < 1.29 is 41.0 Å². The Labute approximate surface area is 78.9 Å². The molecule has 0 saturated carbocycles. The normalized spacial score (nSPS) is 11.2. The van der Waals surface area contributed by atoms with Crippen LogP contribution in [0.15, 0.2) is 0 Å². The van der Waals surface area contributed by atoms with Crippen molar-refractivity contribution in [2.45, 2.75) is 12.4 Å². The molecule has 15 heavy (non-hydrogen) atoms. The van der Waals surface area contributed by atoms with E-state index in [0.29, 0.717) is 0 Å².